The molecule has 1 heterocycles. The molecule has 3 rings (SSSR count). The molecule has 2 N–H and O–H groups in total. The number of rotatable bonds is 6. The summed E-state index contributed by atoms with van der Waals surface area (Å²) < 4.78 is 45.5. The lowest BCUT2D eigenvalue weighted by molar-refractivity contribution is -0.137. The number of carbonyl (C=O) groups excluding carboxylic acids is 1. The quantitative estimate of drug-likeness (QED) is 0.674. The number of anilines is 1. The minimum Gasteiger partial charge on any atom is -0.497 e. The van der Waals surface area contributed by atoms with Gasteiger partial charge in [-0.25, -0.2) is 4.98 Å². The van der Waals surface area contributed by atoms with E-state index >= 15 is 0 Å². The highest BCUT2D eigenvalue weighted by Crippen LogP contribution is 2.34. The van der Waals surface area contributed by atoms with Crippen LogP contribution in [0.1, 0.15) is 11.1 Å². The number of halogens is 3. The van der Waals surface area contributed by atoms with Crippen LogP contribution in [0.25, 0.3) is 11.0 Å². The van der Waals surface area contributed by atoms with Crippen molar-refractivity contribution in [2.45, 2.75) is 19.1 Å². The number of aliphatic hydroxyl groups excluding tert-OH is 1. The first-order valence-electron chi connectivity index (χ1n) is 8.41. The summed E-state index contributed by atoms with van der Waals surface area (Å²) in [7, 11) is 1.25. The molecule has 0 fully saturated rings. The molecule has 1 aromatic heterocycles. The number of benzene rings is 2. The largest absolute Gasteiger partial charge is 0.497 e. The molecule has 6 nitrogen and oxygen atoms in total. The average molecular weight is 393 g/mol. The molecule has 3 aromatic rings. The van der Waals surface area contributed by atoms with Crippen molar-refractivity contribution in [2.75, 3.05) is 19.0 Å². The highest BCUT2D eigenvalue weighted by atomic mass is 19.4. The van der Waals surface area contributed by atoms with E-state index in [1.54, 1.807) is 16.7 Å². The zero-order valence-corrected chi connectivity index (χ0v) is 15.0. The van der Waals surface area contributed by atoms with Gasteiger partial charge in [-0.1, -0.05) is 12.1 Å². The first-order chi connectivity index (χ1) is 13.3. The molecular formula is C19H18F3N3O3. The number of para-hydroxylation sites is 1. The number of aliphatic hydroxyl groups is 1. The summed E-state index contributed by atoms with van der Waals surface area (Å²) in [4.78, 5) is 16.7. The second-order valence-corrected chi connectivity index (χ2v) is 6.13. The number of aromatic nitrogens is 2. The number of imidazole rings is 1. The maximum absolute atomic E-state index is 13.0. The van der Waals surface area contributed by atoms with Crippen LogP contribution in [0.5, 0.6) is 5.75 Å². The molecule has 9 heteroatoms. The lowest BCUT2D eigenvalue weighted by atomic mass is 10.1. The highest BCUT2D eigenvalue weighted by Gasteiger charge is 2.31. The normalized spacial score (nSPS) is 11.6. The molecule has 0 saturated carbocycles. The van der Waals surface area contributed by atoms with Crippen molar-refractivity contribution < 1.29 is 27.8 Å². The summed E-state index contributed by atoms with van der Waals surface area (Å²) >= 11 is 0. The van der Waals surface area contributed by atoms with Crippen LogP contribution in [-0.2, 0) is 23.9 Å². The van der Waals surface area contributed by atoms with E-state index in [0.717, 1.165) is 17.7 Å². The SMILES string of the molecule is COc1cc(NC(=O)Cn2cnc3cccc(CCO)c32)cc(C(F)(F)F)c1. The fourth-order valence-electron chi connectivity index (χ4n) is 2.95. The number of hydrogen-bond acceptors (Lipinski definition) is 4. The van der Waals surface area contributed by atoms with Gasteiger partial charge in [0.1, 0.15) is 12.3 Å². The molecule has 0 radical (unpaired) electrons. The van der Waals surface area contributed by atoms with Crippen LogP contribution in [0.4, 0.5) is 18.9 Å². The first-order valence-corrected chi connectivity index (χ1v) is 8.41. The van der Waals surface area contributed by atoms with Gasteiger partial charge in [0.25, 0.3) is 0 Å². The molecule has 0 atom stereocenters. The van der Waals surface area contributed by atoms with Crippen molar-refractivity contribution in [1.29, 1.82) is 0 Å². The van der Waals surface area contributed by atoms with Crippen molar-refractivity contribution in [1.82, 2.24) is 9.55 Å². The number of methoxy groups -OCH3 is 1. The van der Waals surface area contributed by atoms with E-state index in [9.17, 15) is 23.1 Å². The Morgan fingerprint density at radius 2 is 2.07 bits per heavy atom. The van der Waals surface area contributed by atoms with E-state index in [1.165, 1.54) is 19.5 Å². The summed E-state index contributed by atoms with van der Waals surface area (Å²) in [6.45, 7) is -0.196. The molecule has 148 valence electrons. The van der Waals surface area contributed by atoms with Gasteiger partial charge < -0.3 is 19.7 Å². The minimum absolute atomic E-state index is 0.0107. The van der Waals surface area contributed by atoms with E-state index in [1.807, 2.05) is 6.07 Å². The Bertz CT molecular complexity index is 999. The van der Waals surface area contributed by atoms with Gasteiger partial charge in [0, 0.05) is 18.4 Å². The van der Waals surface area contributed by atoms with E-state index in [-0.39, 0.29) is 24.6 Å². The van der Waals surface area contributed by atoms with Crippen LogP contribution in [-0.4, -0.2) is 34.3 Å². The standard InChI is InChI=1S/C19H18F3N3O3/c1-28-15-8-13(19(20,21)22)7-14(9-15)24-17(27)10-25-11-23-16-4-2-3-12(5-6-26)18(16)25/h2-4,7-9,11,26H,5-6,10H2,1H3,(H,24,27). The van der Waals surface area contributed by atoms with Gasteiger partial charge in [0.05, 0.1) is 30.0 Å². The van der Waals surface area contributed by atoms with E-state index < -0.39 is 17.6 Å². The van der Waals surface area contributed by atoms with Crippen molar-refractivity contribution in [3.63, 3.8) is 0 Å². The second kappa shape index (κ2) is 7.89. The third kappa shape index (κ3) is 4.25. The van der Waals surface area contributed by atoms with Gasteiger partial charge in [-0.2, -0.15) is 13.2 Å². The number of alkyl halides is 3. The molecule has 0 spiro atoms. The molecule has 0 aliphatic heterocycles. The molecule has 0 aliphatic rings. The molecule has 28 heavy (non-hydrogen) atoms. The van der Waals surface area contributed by atoms with Crippen LogP contribution < -0.4 is 10.1 Å². The fraction of sp³-hybridized carbons (Fsp3) is 0.263. The lowest BCUT2D eigenvalue weighted by Crippen LogP contribution is -2.19. The predicted molar refractivity (Wildman–Crippen MR) is 97.1 cm³/mol. The monoisotopic (exact) mass is 393 g/mol. The summed E-state index contributed by atoms with van der Waals surface area (Å²) in [5, 5.41) is 11.7. The highest BCUT2D eigenvalue weighted by molar-refractivity contribution is 5.92. The second-order valence-electron chi connectivity index (χ2n) is 6.13. The molecule has 2 aromatic carbocycles. The third-order valence-corrected chi connectivity index (χ3v) is 4.17. The van der Waals surface area contributed by atoms with Gasteiger partial charge in [0.2, 0.25) is 5.91 Å². The third-order valence-electron chi connectivity index (χ3n) is 4.17. The molecular weight excluding hydrogens is 375 g/mol. The Hall–Kier alpha value is -3.07. The summed E-state index contributed by atoms with van der Waals surface area (Å²) in [6, 6.07) is 8.44. The van der Waals surface area contributed by atoms with E-state index in [4.69, 9.17) is 4.74 Å². The fourth-order valence-corrected chi connectivity index (χ4v) is 2.95. The van der Waals surface area contributed by atoms with Gasteiger partial charge >= 0.3 is 6.18 Å². The summed E-state index contributed by atoms with van der Waals surface area (Å²) in [5.74, 6) is -0.525. The number of fused-ring (bicyclic) bond motifs is 1. The van der Waals surface area contributed by atoms with Crippen molar-refractivity contribution in [3.8, 4) is 5.75 Å². The predicted octanol–water partition coefficient (Wildman–Crippen LogP) is 3.24. The Morgan fingerprint density at radius 1 is 1.29 bits per heavy atom. The van der Waals surface area contributed by atoms with Gasteiger partial charge in [-0.3, -0.25) is 4.79 Å². The Balaban J connectivity index is 1.84. The number of hydrogen-bond donors (Lipinski definition) is 2. The zero-order valence-electron chi connectivity index (χ0n) is 15.0. The minimum atomic E-state index is -4.56. The van der Waals surface area contributed by atoms with Crippen LogP contribution in [0, 0.1) is 0 Å². The van der Waals surface area contributed by atoms with Crippen molar-refractivity contribution in [3.05, 3.63) is 53.9 Å². The van der Waals surface area contributed by atoms with Crippen LogP contribution in [0.15, 0.2) is 42.7 Å². The van der Waals surface area contributed by atoms with E-state index in [0.29, 0.717) is 17.5 Å². The van der Waals surface area contributed by atoms with Crippen molar-refractivity contribution >= 4 is 22.6 Å². The summed E-state index contributed by atoms with van der Waals surface area (Å²) in [6.07, 6.45) is -2.68. The van der Waals surface area contributed by atoms with Crippen LogP contribution >= 0.6 is 0 Å². The first kappa shape index (κ1) is 19.7. The molecule has 0 aliphatic carbocycles. The maximum Gasteiger partial charge on any atom is 0.416 e. The Morgan fingerprint density at radius 3 is 2.75 bits per heavy atom. The number of nitrogens with one attached hydrogen (secondary N) is 1. The number of ether oxygens (including phenoxy) is 1. The molecule has 0 bridgehead atoms. The van der Waals surface area contributed by atoms with Gasteiger partial charge in [-0.15, -0.1) is 0 Å². The number of carbonyl (C=O) groups is 1. The van der Waals surface area contributed by atoms with E-state index in [2.05, 4.69) is 10.3 Å². The molecule has 0 unspecified atom stereocenters. The zero-order chi connectivity index (χ0) is 20.3. The molecule has 0 saturated heterocycles. The van der Waals surface area contributed by atoms with Gasteiger partial charge in [-0.05, 0) is 30.2 Å². The van der Waals surface area contributed by atoms with Crippen molar-refractivity contribution in [2.24, 2.45) is 0 Å². The summed E-state index contributed by atoms with van der Waals surface area (Å²) in [5.41, 5.74) is 1.26. The smallest absolute Gasteiger partial charge is 0.416 e. The van der Waals surface area contributed by atoms with Crippen LogP contribution in [0.3, 0.4) is 0 Å². The topological polar surface area (TPSA) is 76.4 Å². The average Bonchev–Trinajstić information content (AvgIpc) is 3.04. The Labute approximate surface area is 158 Å². The lowest BCUT2D eigenvalue weighted by Gasteiger charge is -2.13. The molecule has 1 amide bonds. The number of nitrogens with zero attached hydrogens (tertiary/aromatic N) is 2. The number of amides is 1. The van der Waals surface area contributed by atoms with Gasteiger partial charge in [0.15, 0.2) is 0 Å². The maximum atomic E-state index is 13.0. The van der Waals surface area contributed by atoms with Crippen LogP contribution in [0.2, 0.25) is 0 Å². The Kier molecular flexibility index (Phi) is 5.55.